The molecule has 100 valence electrons. The normalized spacial score (nSPS) is 25.9. The zero-order valence-corrected chi connectivity index (χ0v) is 13.0. The van der Waals surface area contributed by atoms with Crippen LogP contribution in [-0.2, 0) is 0 Å². The van der Waals surface area contributed by atoms with Gasteiger partial charge in [-0.15, -0.1) is 0 Å². The fourth-order valence-electron chi connectivity index (χ4n) is 3.15. The van der Waals surface area contributed by atoms with E-state index in [1.54, 1.807) is 0 Å². The van der Waals surface area contributed by atoms with Crippen LogP contribution in [0, 0.1) is 5.92 Å². The molecule has 0 aliphatic heterocycles. The molecule has 0 heterocycles. The third-order valence-electron chi connectivity index (χ3n) is 4.27. The molecule has 1 nitrogen and oxygen atoms in total. The highest BCUT2D eigenvalue weighted by Crippen LogP contribution is 2.30. The summed E-state index contributed by atoms with van der Waals surface area (Å²) in [7, 11) is 0. The highest BCUT2D eigenvalue weighted by Gasteiger charge is 2.25. The average molecular weight is 310 g/mol. The minimum absolute atomic E-state index is 0.428. The molecule has 0 aromatic heterocycles. The van der Waals surface area contributed by atoms with Crippen LogP contribution in [0.4, 0.5) is 0 Å². The molecule has 1 fully saturated rings. The highest BCUT2D eigenvalue weighted by atomic mass is 79.9. The van der Waals surface area contributed by atoms with Crippen LogP contribution < -0.4 is 5.32 Å². The molecule has 0 bridgehead atoms. The molecule has 1 aliphatic carbocycles. The third-order valence-corrected chi connectivity index (χ3v) is 4.99. The Balaban J connectivity index is 2.02. The fraction of sp³-hybridized carbons (Fsp3) is 0.625. The highest BCUT2D eigenvalue weighted by molar-refractivity contribution is 9.10. The predicted molar refractivity (Wildman–Crippen MR) is 81.7 cm³/mol. The van der Waals surface area contributed by atoms with Crippen molar-refractivity contribution >= 4 is 15.9 Å². The molecular formula is C16H24BrN. The first kappa shape index (κ1) is 14.1. The predicted octanol–water partition coefficient (Wildman–Crippen LogP) is 5.07. The number of hydrogen-bond donors (Lipinski definition) is 1. The van der Waals surface area contributed by atoms with Crippen LogP contribution >= 0.6 is 15.9 Å². The van der Waals surface area contributed by atoms with Crippen molar-refractivity contribution in [3.8, 4) is 0 Å². The van der Waals surface area contributed by atoms with Gasteiger partial charge in [-0.2, -0.15) is 0 Å². The quantitative estimate of drug-likeness (QED) is 0.819. The van der Waals surface area contributed by atoms with Gasteiger partial charge in [-0.05, 0) is 37.3 Å². The van der Waals surface area contributed by atoms with Gasteiger partial charge >= 0.3 is 0 Å². The minimum atomic E-state index is 0.428. The molecule has 3 atom stereocenters. The van der Waals surface area contributed by atoms with Gasteiger partial charge in [0.05, 0.1) is 0 Å². The summed E-state index contributed by atoms with van der Waals surface area (Å²) in [5.74, 6) is 0.865. The van der Waals surface area contributed by atoms with Crippen LogP contribution in [-0.4, -0.2) is 6.04 Å². The van der Waals surface area contributed by atoms with E-state index in [9.17, 15) is 0 Å². The van der Waals surface area contributed by atoms with E-state index in [-0.39, 0.29) is 0 Å². The van der Waals surface area contributed by atoms with Crippen molar-refractivity contribution in [1.29, 1.82) is 0 Å². The topological polar surface area (TPSA) is 12.0 Å². The van der Waals surface area contributed by atoms with Crippen molar-refractivity contribution in [2.24, 2.45) is 5.92 Å². The summed E-state index contributed by atoms with van der Waals surface area (Å²) in [5.41, 5.74) is 1.37. The zero-order valence-electron chi connectivity index (χ0n) is 11.5. The van der Waals surface area contributed by atoms with E-state index >= 15 is 0 Å². The van der Waals surface area contributed by atoms with Gasteiger partial charge in [-0.3, -0.25) is 0 Å². The van der Waals surface area contributed by atoms with Crippen LogP contribution in [0.1, 0.15) is 57.6 Å². The number of benzene rings is 1. The first-order valence-corrected chi connectivity index (χ1v) is 8.02. The molecule has 1 aromatic rings. The number of nitrogens with one attached hydrogen (secondary N) is 1. The SMILES string of the molecule is CCC1CCCCC1N[C@@H](C)c1ccccc1Br. The zero-order chi connectivity index (χ0) is 13.0. The lowest BCUT2D eigenvalue weighted by atomic mass is 9.82. The molecular weight excluding hydrogens is 286 g/mol. The van der Waals surface area contributed by atoms with Gasteiger partial charge in [0, 0.05) is 16.6 Å². The molecule has 0 spiro atoms. The molecule has 2 heteroatoms. The van der Waals surface area contributed by atoms with Gasteiger partial charge in [0.2, 0.25) is 0 Å². The summed E-state index contributed by atoms with van der Waals surface area (Å²) < 4.78 is 1.22. The van der Waals surface area contributed by atoms with Crippen LogP contribution in [0.2, 0.25) is 0 Å². The van der Waals surface area contributed by atoms with Gasteiger partial charge in [-0.1, -0.05) is 60.3 Å². The van der Waals surface area contributed by atoms with E-state index in [0.717, 1.165) is 5.92 Å². The lowest BCUT2D eigenvalue weighted by molar-refractivity contribution is 0.240. The Morgan fingerprint density at radius 1 is 1.28 bits per heavy atom. The summed E-state index contributed by atoms with van der Waals surface area (Å²) in [6, 6.07) is 9.67. The average Bonchev–Trinajstić information content (AvgIpc) is 2.39. The number of hydrogen-bond acceptors (Lipinski definition) is 1. The van der Waals surface area contributed by atoms with Crippen LogP contribution in [0.3, 0.4) is 0 Å². The molecule has 18 heavy (non-hydrogen) atoms. The van der Waals surface area contributed by atoms with Crippen molar-refractivity contribution in [3.05, 3.63) is 34.3 Å². The molecule has 1 aliphatic rings. The van der Waals surface area contributed by atoms with Gasteiger partial charge in [0.15, 0.2) is 0 Å². The summed E-state index contributed by atoms with van der Waals surface area (Å²) in [6.07, 6.45) is 6.85. The molecule has 1 aromatic carbocycles. The van der Waals surface area contributed by atoms with E-state index < -0.39 is 0 Å². The fourth-order valence-corrected chi connectivity index (χ4v) is 3.78. The lowest BCUT2D eigenvalue weighted by Crippen LogP contribution is -2.39. The molecule has 1 N–H and O–H groups in total. The smallest absolute Gasteiger partial charge is 0.0305 e. The van der Waals surface area contributed by atoms with Crippen molar-refractivity contribution < 1.29 is 0 Å². The van der Waals surface area contributed by atoms with Gasteiger partial charge in [0.1, 0.15) is 0 Å². The van der Waals surface area contributed by atoms with E-state index in [2.05, 4.69) is 59.4 Å². The Labute approximate surface area is 119 Å². The standard InChI is InChI=1S/C16H24BrN/c1-3-13-8-4-7-11-16(13)18-12(2)14-9-5-6-10-15(14)17/h5-6,9-10,12-13,16,18H,3-4,7-8,11H2,1-2H3/t12-,13?,16?/m0/s1. The second-order valence-corrected chi connectivity index (χ2v) is 6.32. The third kappa shape index (κ3) is 3.36. The van der Waals surface area contributed by atoms with Crippen LogP contribution in [0.25, 0.3) is 0 Å². The summed E-state index contributed by atoms with van der Waals surface area (Å²) in [6.45, 7) is 4.61. The van der Waals surface area contributed by atoms with Crippen molar-refractivity contribution in [2.45, 2.75) is 58.0 Å². The molecule has 2 rings (SSSR count). The maximum atomic E-state index is 3.85. The molecule has 0 saturated heterocycles. The summed E-state index contributed by atoms with van der Waals surface area (Å²) >= 11 is 3.65. The maximum absolute atomic E-state index is 3.85. The molecule has 0 amide bonds. The molecule has 0 radical (unpaired) electrons. The Kier molecular flexibility index (Phi) is 5.25. The summed E-state index contributed by atoms with van der Waals surface area (Å²) in [5, 5.41) is 3.85. The van der Waals surface area contributed by atoms with Gasteiger partial charge < -0.3 is 5.32 Å². The van der Waals surface area contributed by atoms with Gasteiger partial charge in [0.25, 0.3) is 0 Å². The van der Waals surface area contributed by atoms with Crippen molar-refractivity contribution in [2.75, 3.05) is 0 Å². The molecule has 1 saturated carbocycles. The summed E-state index contributed by atoms with van der Waals surface area (Å²) in [4.78, 5) is 0. The lowest BCUT2D eigenvalue weighted by Gasteiger charge is -2.34. The first-order chi connectivity index (χ1) is 8.72. The monoisotopic (exact) mass is 309 g/mol. The number of halogens is 1. The van der Waals surface area contributed by atoms with Crippen LogP contribution in [0.15, 0.2) is 28.7 Å². The second kappa shape index (κ2) is 6.72. The Morgan fingerprint density at radius 2 is 2.00 bits per heavy atom. The van der Waals surface area contributed by atoms with E-state index in [0.29, 0.717) is 12.1 Å². The number of rotatable bonds is 4. The Hall–Kier alpha value is -0.340. The van der Waals surface area contributed by atoms with Crippen LogP contribution in [0.5, 0.6) is 0 Å². The Morgan fingerprint density at radius 3 is 2.72 bits per heavy atom. The van der Waals surface area contributed by atoms with Gasteiger partial charge in [-0.25, -0.2) is 0 Å². The molecule has 2 unspecified atom stereocenters. The first-order valence-electron chi connectivity index (χ1n) is 7.22. The van der Waals surface area contributed by atoms with Crippen molar-refractivity contribution in [1.82, 2.24) is 5.32 Å². The second-order valence-electron chi connectivity index (χ2n) is 5.47. The van der Waals surface area contributed by atoms with E-state index in [4.69, 9.17) is 0 Å². The van der Waals surface area contributed by atoms with E-state index in [1.165, 1.54) is 42.1 Å². The van der Waals surface area contributed by atoms with E-state index in [1.807, 2.05) is 0 Å². The minimum Gasteiger partial charge on any atom is -0.307 e. The van der Waals surface area contributed by atoms with Crippen molar-refractivity contribution in [3.63, 3.8) is 0 Å². The Bertz CT molecular complexity index is 377. The largest absolute Gasteiger partial charge is 0.307 e. The maximum Gasteiger partial charge on any atom is 0.0305 e.